The van der Waals surface area contributed by atoms with Crippen LogP contribution in [-0.4, -0.2) is 32.4 Å². The summed E-state index contributed by atoms with van der Waals surface area (Å²) in [6.07, 6.45) is 0.729. The number of hydrogen-bond donors (Lipinski definition) is 1. The van der Waals surface area contributed by atoms with E-state index in [0.29, 0.717) is 36.7 Å². The number of benzene rings is 3. The summed E-state index contributed by atoms with van der Waals surface area (Å²) in [5.41, 5.74) is 4.00. The molecular weight excluding hydrogens is 424 g/mol. The molecule has 0 radical (unpaired) electrons. The van der Waals surface area contributed by atoms with Crippen molar-refractivity contribution in [3.8, 4) is 5.75 Å². The van der Waals surface area contributed by atoms with Crippen molar-refractivity contribution in [2.45, 2.75) is 31.7 Å². The third kappa shape index (κ3) is 4.62. The fourth-order valence-corrected chi connectivity index (χ4v) is 5.15. The van der Waals surface area contributed by atoms with Crippen LogP contribution in [0.2, 0.25) is 0 Å². The van der Waals surface area contributed by atoms with E-state index in [1.165, 1.54) is 0 Å². The van der Waals surface area contributed by atoms with E-state index >= 15 is 0 Å². The molecule has 32 heavy (non-hydrogen) atoms. The van der Waals surface area contributed by atoms with Crippen LogP contribution in [0.1, 0.15) is 34.0 Å². The first kappa shape index (κ1) is 21.9. The van der Waals surface area contributed by atoms with Gasteiger partial charge in [-0.15, -0.1) is 0 Å². The number of sulfonamides is 1. The summed E-state index contributed by atoms with van der Waals surface area (Å²) in [4.78, 5) is 14.7. The van der Waals surface area contributed by atoms with Gasteiger partial charge in [0, 0.05) is 24.3 Å². The normalized spacial score (nSPS) is 13.4. The second-order valence-electron chi connectivity index (χ2n) is 7.81. The van der Waals surface area contributed by atoms with Crippen molar-refractivity contribution < 1.29 is 17.9 Å². The summed E-state index contributed by atoms with van der Waals surface area (Å²) in [6.45, 7) is 5.09. The monoisotopic (exact) mass is 450 g/mol. The van der Waals surface area contributed by atoms with E-state index in [4.69, 9.17) is 4.74 Å². The summed E-state index contributed by atoms with van der Waals surface area (Å²) in [6, 6.07) is 19.8. The summed E-state index contributed by atoms with van der Waals surface area (Å²) in [5.74, 6) is 0.298. The Hall–Kier alpha value is -3.32. The zero-order valence-electron chi connectivity index (χ0n) is 18.2. The number of carbonyl (C=O) groups is 1. The van der Waals surface area contributed by atoms with Gasteiger partial charge in [0.2, 0.25) is 0 Å². The third-order valence-corrected chi connectivity index (χ3v) is 6.87. The molecule has 0 unspecified atom stereocenters. The average Bonchev–Trinajstić information content (AvgIpc) is 2.79. The van der Waals surface area contributed by atoms with Crippen LogP contribution in [0, 0.1) is 6.92 Å². The number of fused-ring (bicyclic) bond motifs is 1. The van der Waals surface area contributed by atoms with Crippen LogP contribution in [0.3, 0.4) is 0 Å². The minimum atomic E-state index is -3.84. The number of nitrogens with one attached hydrogen (secondary N) is 1. The Balaban J connectivity index is 1.58. The Bertz CT molecular complexity index is 1240. The van der Waals surface area contributed by atoms with E-state index in [1.54, 1.807) is 35.2 Å². The van der Waals surface area contributed by atoms with Crippen molar-refractivity contribution in [2.75, 3.05) is 17.9 Å². The van der Waals surface area contributed by atoms with Crippen molar-refractivity contribution in [3.63, 3.8) is 0 Å². The quantitative estimate of drug-likeness (QED) is 0.604. The van der Waals surface area contributed by atoms with E-state index in [0.717, 1.165) is 23.1 Å². The van der Waals surface area contributed by atoms with E-state index in [9.17, 15) is 13.2 Å². The molecule has 0 saturated carbocycles. The number of ether oxygens (including phenoxy) is 1. The predicted octanol–water partition coefficient (Wildman–Crippen LogP) is 4.39. The highest BCUT2D eigenvalue weighted by Gasteiger charge is 2.24. The highest BCUT2D eigenvalue weighted by molar-refractivity contribution is 7.92. The highest BCUT2D eigenvalue weighted by Crippen LogP contribution is 2.29. The van der Waals surface area contributed by atoms with E-state index < -0.39 is 10.0 Å². The molecule has 7 heteroatoms. The maximum atomic E-state index is 13.1. The van der Waals surface area contributed by atoms with Gasteiger partial charge >= 0.3 is 0 Å². The van der Waals surface area contributed by atoms with Gasteiger partial charge in [0.15, 0.2) is 0 Å². The molecule has 0 bridgehead atoms. The Morgan fingerprint density at radius 3 is 2.56 bits per heavy atom. The van der Waals surface area contributed by atoms with Gasteiger partial charge in [-0.3, -0.25) is 9.52 Å². The minimum absolute atomic E-state index is 0.0247. The fourth-order valence-electron chi connectivity index (χ4n) is 3.87. The number of nitrogens with zero attached hydrogens (tertiary/aromatic N) is 1. The Labute approximate surface area is 188 Å². The SMILES string of the molecule is CCOc1ccc(C)cc1S(=O)(=O)Nc1ccc2c(c1)CN(C(=O)c1ccccc1)CC2. The first-order valence-corrected chi connectivity index (χ1v) is 12.1. The summed E-state index contributed by atoms with van der Waals surface area (Å²) in [7, 11) is -3.84. The van der Waals surface area contributed by atoms with Gasteiger partial charge < -0.3 is 9.64 Å². The Kier molecular flexibility index (Phi) is 6.19. The zero-order chi connectivity index (χ0) is 22.7. The number of carbonyl (C=O) groups excluding carboxylic acids is 1. The second-order valence-corrected chi connectivity index (χ2v) is 9.47. The van der Waals surface area contributed by atoms with Gasteiger partial charge in [0.05, 0.1) is 6.61 Å². The molecule has 166 valence electrons. The van der Waals surface area contributed by atoms with Crippen molar-refractivity contribution >= 4 is 21.6 Å². The molecule has 0 aromatic heterocycles. The molecule has 0 fully saturated rings. The minimum Gasteiger partial charge on any atom is -0.492 e. The first-order valence-electron chi connectivity index (χ1n) is 10.6. The van der Waals surface area contributed by atoms with Gasteiger partial charge in [0.1, 0.15) is 10.6 Å². The third-order valence-electron chi connectivity index (χ3n) is 5.47. The lowest BCUT2D eigenvalue weighted by Crippen LogP contribution is -2.36. The van der Waals surface area contributed by atoms with Crippen molar-refractivity contribution in [1.29, 1.82) is 0 Å². The topological polar surface area (TPSA) is 75.7 Å². The molecule has 6 nitrogen and oxygen atoms in total. The molecule has 3 aromatic carbocycles. The average molecular weight is 451 g/mol. The Morgan fingerprint density at radius 1 is 1.03 bits per heavy atom. The standard InChI is InChI=1S/C25H26N2O4S/c1-3-31-23-12-9-18(2)15-24(23)32(29,30)26-22-11-10-19-13-14-27(17-21(19)16-22)25(28)20-7-5-4-6-8-20/h4-12,15-16,26H,3,13-14,17H2,1-2H3. The van der Waals surface area contributed by atoms with Crippen molar-refractivity contribution in [2.24, 2.45) is 0 Å². The van der Waals surface area contributed by atoms with Crippen molar-refractivity contribution in [3.05, 3.63) is 89.0 Å². The van der Waals surface area contributed by atoms with Crippen LogP contribution >= 0.6 is 0 Å². The van der Waals surface area contributed by atoms with Crippen LogP contribution in [-0.2, 0) is 23.0 Å². The molecule has 1 heterocycles. The molecule has 1 amide bonds. The number of hydrogen-bond acceptors (Lipinski definition) is 4. The van der Waals surface area contributed by atoms with E-state index in [2.05, 4.69) is 4.72 Å². The molecule has 0 atom stereocenters. The second kappa shape index (κ2) is 9.04. The maximum Gasteiger partial charge on any atom is 0.265 e. The number of aryl methyl sites for hydroxylation is 1. The number of rotatable bonds is 6. The molecule has 1 aliphatic heterocycles. The van der Waals surface area contributed by atoms with Gasteiger partial charge in [0.25, 0.3) is 15.9 Å². The molecular formula is C25H26N2O4S. The van der Waals surface area contributed by atoms with Crippen LogP contribution in [0.5, 0.6) is 5.75 Å². The maximum absolute atomic E-state index is 13.1. The van der Waals surface area contributed by atoms with E-state index in [-0.39, 0.29) is 10.8 Å². The van der Waals surface area contributed by atoms with Crippen molar-refractivity contribution in [1.82, 2.24) is 4.90 Å². The predicted molar refractivity (Wildman–Crippen MR) is 124 cm³/mol. The molecule has 0 spiro atoms. The molecule has 0 saturated heterocycles. The zero-order valence-corrected chi connectivity index (χ0v) is 19.0. The highest BCUT2D eigenvalue weighted by atomic mass is 32.2. The lowest BCUT2D eigenvalue weighted by Gasteiger charge is -2.29. The van der Waals surface area contributed by atoms with Gasteiger partial charge in [-0.05, 0) is 73.4 Å². The van der Waals surface area contributed by atoms with Gasteiger partial charge in [-0.1, -0.05) is 30.3 Å². The van der Waals surface area contributed by atoms with Gasteiger partial charge in [-0.2, -0.15) is 0 Å². The molecule has 3 aromatic rings. The molecule has 1 N–H and O–H groups in total. The number of amides is 1. The van der Waals surface area contributed by atoms with E-state index in [1.807, 2.05) is 50.2 Å². The lowest BCUT2D eigenvalue weighted by atomic mass is 9.98. The number of anilines is 1. The lowest BCUT2D eigenvalue weighted by molar-refractivity contribution is 0.0734. The van der Waals surface area contributed by atoms with Crippen LogP contribution in [0.4, 0.5) is 5.69 Å². The van der Waals surface area contributed by atoms with Gasteiger partial charge in [-0.25, -0.2) is 8.42 Å². The molecule has 4 rings (SSSR count). The molecule has 0 aliphatic carbocycles. The smallest absolute Gasteiger partial charge is 0.265 e. The fraction of sp³-hybridized carbons (Fsp3) is 0.240. The summed E-state index contributed by atoms with van der Waals surface area (Å²) < 4.78 is 34.4. The first-order chi connectivity index (χ1) is 15.4. The van der Waals surface area contributed by atoms with Crippen LogP contribution in [0.15, 0.2) is 71.6 Å². The Morgan fingerprint density at radius 2 is 1.81 bits per heavy atom. The summed E-state index contributed by atoms with van der Waals surface area (Å²) in [5, 5.41) is 0. The largest absolute Gasteiger partial charge is 0.492 e. The van der Waals surface area contributed by atoms with Crippen LogP contribution < -0.4 is 9.46 Å². The van der Waals surface area contributed by atoms with Crippen LogP contribution in [0.25, 0.3) is 0 Å². The summed E-state index contributed by atoms with van der Waals surface area (Å²) >= 11 is 0. The molecule has 1 aliphatic rings.